The number of methoxy groups -OCH3 is 1. The lowest BCUT2D eigenvalue weighted by Gasteiger charge is -2.33. The summed E-state index contributed by atoms with van der Waals surface area (Å²) in [5.41, 5.74) is 5.97. The molecule has 1 aliphatic rings. The number of nitrogens with one attached hydrogen (secondary N) is 1. The number of fused-ring (bicyclic) bond motifs is 2. The first-order valence-corrected chi connectivity index (χ1v) is 11.2. The largest absolute Gasteiger partial charge is 0.496 e. The standard InChI is InChI=1S/C26H26N6O2/c1-6-32-13-18(12-29-32)15-7-17(11-27)22-20(9-15)30-31(4)24(22)16-8-19-23(21(10-16)34-5)25(33)28-14-26(19,2)3/h7-10,12-13H,6,14H2,1-5H3,(H,28,33). The second-order valence-corrected chi connectivity index (χ2v) is 9.25. The van der Waals surface area contributed by atoms with E-state index in [0.717, 1.165) is 45.4 Å². The van der Waals surface area contributed by atoms with E-state index in [4.69, 9.17) is 9.84 Å². The van der Waals surface area contributed by atoms with Gasteiger partial charge in [-0.05, 0) is 42.3 Å². The van der Waals surface area contributed by atoms with Crippen LogP contribution in [0.15, 0.2) is 36.7 Å². The van der Waals surface area contributed by atoms with Crippen LogP contribution in [0.3, 0.4) is 0 Å². The van der Waals surface area contributed by atoms with Crippen LogP contribution < -0.4 is 10.1 Å². The van der Waals surface area contributed by atoms with E-state index in [2.05, 4.69) is 30.3 Å². The minimum absolute atomic E-state index is 0.137. The third-order valence-corrected chi connectivity index (χ3v) is 6.59. The zero-order valence-corrected chi connectivity index (χ0v) is 19.9. The van der Waals surface area contributed by atoms with Crippen LogP contribution in [-0.4, -0.2) is 39.1 Å². The molecule has 0 saturated carbocycles. The van der Waals surface area contributed by atoms with Gasteiger partial charge in [-0.3, -0.25) is 14.2 Å². The summed E-state index contributed by atoms with van der Waals surface area (Å²) in [6, 6.07) is 10.1. The summed E-state index contributed by atoms with van der Waals surface area (Å²) >= 11 is 0. The number of aryl methyl sites for hydroxylation is 2. The topological polar surface area (TPSA) is 97.8 Å². The Morgan fingerprint density at radius 2 is 2.00 bits per heavy atom. The average Bonchev–Trinajstić information content (AvgIpc) is 3.44. The summed E-state index contributed by atoms with van der Waals surface area (Å²) in [4.78, 5) is 12.7. The predicted molar refractivity (Wildman–Crippen MR) is 130 cm³/mol. The molecule has 0 unspecified atom stereocenters. The van der Waals surface area contributed by atoms with Crippen LogP contribution in [0, 0.1) is 11.3 Å². The fourth-order valence-corrected chi connectivity index (χ4v) is 4.77. The number of benzene rings is 2. The fourth-order valence-electron chi connectivity index (χ4n) is 4.77. The molecule has 0 spiro atoms. The Bertz CT molecular complexity index is 1500. The molecule has 0 aliphatic carbocycles. The molecule has 0 atom stereocenters. The second kappa shape index (κ2) is 7.73. The van der Waals surface area contributed by atoms with Gasteiger partial charge in [-0.15, -0.1) is 0 Å². The van der Waals surface area contributed by atoms with Crippen molar-refractivity contribution >= 4 is 16.8 Å². The molecule has 0 fully saturated rings. The van der Waals surface area contributed by atoms with Crippen molar-refractivity contribution in [3.63, 3.8) is 0 Å². The van der Waals surface area contributed by atoms with Crippen molar-refractivity contribution in [2.45, 2.75) is 32.7 Å². The van der Waals surface area contributed by atoms with E-state index < -0.39 is 0 Å². The molecule has 1 amide bonds. The highest BCUT2D eigenvalue weighted by atomic mass is 16.5. The number of carbonyl (C=O) groups excluding carboxylic acids is 1. The van der Waals surface area contributed by atoms with E-state index in [1.165, 1.54) is 0 Å². The Morgan fingerprint density at radius 3 is 2.68 bits per heavy atom. The molecule has 3 heterocycles. The number of ether oxygens (including phenoxy) is 1. The number of carbonyl (C=O) groups is 1. The Hall–Kier alpha value is -4.12. The van der Waals surface area contributed by atoms with Gasteiger partial charge >= 0.3 is 0 Å². The van der Waals surface area contributed by atoms with Gasteiger partial charge in [0.2, 0.25) is 0 Å². The Balaban J connectivity index is 1.76. The van der Waals surface area contributed by atoms with Gasteiger partial charge in [0.05, 0.1) is 41.7 Å². The molecular formula is C26H26N6O2. The first-order valence-electron chi connectivity index (χ1n) is 11.2. The molecule has 1 N–H and O–H groups in total. The van der Waals surface area contributed by atoms with Crippen LogP contribution in [0.2, 0.25) is 0 Å². The molecule has 2 aromatic carbocycles. The molecule has 2 aromatic heterocycles. The summed E-state index contributed by atoms with van der Waals surface area (Å²) in [6.45, 7) is 7.54. The van der Waals surface area contributed by atoms with Crippen molar-refractivity contribution in [2.75, 3.05) is 13.7 Å². The number of hydrogen-bond acceptors (Lipinski definition) is 5. The van der Waals surface area contributed by atoms with Gasteiger partial charge in [0, 0.05) is 48.3 Å². The van der Waals surface area contributed by atoms with E-state index in [1.54, 1.807) is 18.0 Å². The minimum atomic E-state index is -0.272. The molecular weight excluding hydrogens is 428 g/mol. The minimum Gasteiger partial charge on any atom is -0.496 e. The van der Waals surface area contributed by atoms with E-state index in [9.17, 15) is 10.1 Å². The van der Waals surface area contributed by atoms with Crippen molar-refractivity contribution in [1.82, 2.24) is 24.9 Å². The lowest BCUT2D eigenvalue weighted by Crippen LogP contribution is -2.43. The zero-order valence-electron chi connectivity index (χ0n) is 19.9. The average molecular weight is 455 g/mol. The molecule has 34 heavy (non-hydrogen) atoms. The van der Waals surface area contributed by atoms with Crippen LogP contribution in [0.4, 0.5) is 0 Å². The van der Waals surface area contributed by atoms with Gasteiger partial charge in [-0.25, -0.2) is 0 Å². The number of nitrogens with zero attached hydrogens (tertiary/aromatic N) is 5. The van der Waals surface area contributed by atoms with E-state index in [1.807, 2.05) is 49.1 Å². The maximum Gasteiger partial charge on any atom is 0.255 e. The smallest absolute Gasteiger partial charge is 0.255 e. The Labute approximate surface area is 197 Å². The summed E-state index contributed by atoms with van der Waals surface area (Å²) in [5.74, 6) is 0.372. The number of hydrogen-bond donors (Lipinski definition) is 1. The van der Waals surface area contributed by atoms with Gasteiger partial charge in [0.25, 0.3) is 5.91 Å². The summed E-state index contributed by atoms with van der Waals surface area (Å²) in [5, 5.41) is 22.9. The van der Waals surface area contributed by atoms with Gasteiger partial charge in [-0.2, -0.15) is 15.5 Å². The highest BCUT2D eigenvalue weighted by Crippen LogP contribution is 2.41. The van der Waals surface area contributed by atoms with Gasteiger partial charge in [0.15, 0.2) is 0 Å². The van der Waals surface area contributed by atoms with E-state index in [0.29, 0.717) is 23.4 Å². The predicted octanol–water partition coefficient (Wildman–Crippen LogP) is 4.02. The Kier molecular flexibility index (Phi) is 4.94. The highest BCUT2D eigenvalue weighted by Gasteiger charge is 2.35. The van der Waals surface area contributed by atoms with Gasteiger partial charge in [-0.1, -0.05) is 13.8 Å². The first-order chi connectivity index (χ1) is 16.3. The summed E-state index contributed by atoms with van der Waals surface area (Å²) in [7, 11) is 3.44. The molecule has 8 nitrogen and oxygen atoms in total. The van der Waals surface area contributed by atoms with Crippen LogP contribution in [-0.2, 0) is 19.0 Å². The number of rotatable bonds is 4. The van der Waals surface area contributed by atoms with Crippen molar-refractivity contribution < 1.29 is 9.53 Å². The quantitative estimate of drug-likeness (QED) is 0.502. The van der Waals surface area contributed by atoms with Gasteiger partial charge in [0.1, 0.15) is 5.75 Å². The number of amides is 1. The molecule has 4 aromatic rings. The molecule has 0 bridgehead atoms. The normalized spacial score (nSPS) is 14.5. The first kappa shape index (κ1) is 21.7. The SMILES string of the molecule is CCn1cc(-c2cc(C#N)c3c(-c4cc(OC)c5c(c4)C(C)(C)CNC5=O)n(C)nc3c2)cn1. The van der Waals surface area contributed by atoms with Crippen LogP contribution in [0.5, 0.6) is 5.75 Å². The van der Waals surface area contributed by atoms with E-state index >= 15 is 0 Å². The van der Waals surface area contributed by atoms with Gasteiger partial charge < -0.3 is 10.1 Å². The molecule has 0 radical (unpaired) electrons. The van der Waals surface area contributed by atoms with Crippen LogP contribution >= 0.6 is 0 Å². The molecule has 5 rings (SSSR count). The van der Waals surface area contributed by atoms with Crippen LogP contribution in [0.25, 0.3) is 33.3 Å². The highest BCUT2D eigenvalue weighted by molar-refractivity contribution is 6.03. The Morgan fingerprint density at radius 1 is 1.21 bits per heavy atom. The van der Waals surface area contributed by atoms with Crippen molar-refractivity contribution in [2.24, 2.45) is 7.05 Å². The third kappa shape index (κ3) is 3.24. The fraction of sp³-hybridized carbons (Fsp3) is 0.308. The van der Waals surface area contributed by atoms with Crippen molar-refractivity contribution in [3.05, 3.63) is 53.3 Å². The van der Waals surface area contributed by atoms with Crippen molar-refractivity contribution in [1.29, 1.82) is 5.26 Å². The zero-order chi connectivity index (χ0) is 24.2. The molecule has 172 valence electrons. The number of aromatic nitrogens is 4. The third-order valence-electron chi connectivity index (χ3n) is 6.59. The lowest BCUT2D eigenvalue weighted by atomic mass is 9.77. The van der Waals surface area contributed by atoms with Crippen LogP contribution in [0.1, 0.15) is 42.3 Å². The summed E-state index contributed by atoms with van der Waals surface area (Å²) < 4.78 is 9.30. The molecule has 8 heteroatoms. The number of nitriles is 1. The second-order valence-electron chi connectivity index (χ2n) is 9.25. The van der Waals surface area contributed by atoms with E-state index in [-0.39, 0.29) is 11.3 Å². The summed E-state index contributed by atoms with van der Waals surface area (Å²) in [6.07, 6.45) is 3.77. The lowest BCUT2D eigenvalue weighted by molar-refractivity contribution is 0.0926. The maximum atomic E-state index is 12.7. The maximum absolute atomic E-state index is 12.7. The molecule has 1 aliphatic heterocycles. The molecule has 0 saturated heterocycles. The monoisotopic (exact) mass is 454 g/mol. The van der Waals surface area contributed by atoms with Crippen molar-refractivity contribution in [3.8, 4) is 34.2 Å².